The van der Waals surface area contributed by atoms with Gasteiger partial charge in [-0.25, -0.2) is 0 Å². The van der Waals surface area contributed by atoms with Gasteiger partial charge in [-0.3, -0.25) is 9.58 Å². The maximum Gasteiger partial charge on any atom is 0.283 e. The molecule has 0 N–H and O–H groups in total. The van der Waals surface area contributed by atoms with Crippen molar-refractivity contribution < 1.29 is 13.6 Å². The zero-order valence-corrected chi connectivity index (χ0v) is 13.5. The fourth-order valence-electron chi connectivity index (χ4n) is 2.82. The molecule has 3 aromatic heterocycles. The maximum atomic E-state index is 5.84. The van der Waals surface area contributed by atoms with Crippen molar-refractivity contribution in [2.75, 3.05) is 19.7 Å². The summed E-state index contributed by atoms with van der Waals surface area (Å²) in [6, 6.07) is 3.59. The molecule has 0 aliphatic carbocycles. The van der Waals surface area contributed by atoms with E-state index in [1.54, 1.807) is 18.4 Å². The zero-order valence-electron chi connectivity index (χ0n) is 13.5. The zero-order chi connectivity index (χ0) is 16.4. The van der Waals surface area contributed by atoms with Crippen molar-refractivity contribution in [1.29, 1.82) is 0 Å². The molecule has 0 spiro atoms. The van der Waals surface area contributed by atoms with Crippen LogP contribution in [0.1, 0.15) is 11.5 Å². The van der Waals surface area contributed by atoms with E-state index in [4.69, 9.17) is 13.6 Å². The highest BCUT2D eigenvalue weighted by molar-refractivity contribution is 5.42. The molecule has 0 saturated carbocycles. The van der Waals surface area contributed by atoms with Crippen molar-refractivity contribution in [3.05, 3.63) is 42.2 Å². The Morgan fingerprint density at radius 3 is 3.08 bits per heavy atom. The Hall–Kier alpha value is -2.45. The normalized spacial score (nSPS) is 19.0. The van der Waals surface area contributed by atoms with Crippen LogP contribution in [-0.2, 0) is 17.8 Å². The molecule has 1 fully saturated rings. The van der Waals surface area contributed by atoms with E-state index in [1.807, 2.05) is 24.0 Å². The first-order valence-electron chi connectivity index (χ1n) is 7.95. The fourth-order valence-corrected chi connectivity index (χ4v) is 2.82. The van der Waals surface area contributed by atoms with Crippen LogP contribution in [0.2, 0.25) is 0 Å². The number of hydrogen-bond acceptors (Lipinski definition) is 7. The Labute approximate surface area is 139 Å². The van der Waals surface area contributed by atoms with Gasteiger partial charge in [-0.15, -0.1) is 10.2 Å². The van der Waals surface area contributed by atoms with Crippen LogP contribution in [0, 0.1) is 6.92 Å². The number of furan rings is 1. The summed E-state index contributed by atoms with van der Waals surface area (Å²) in [4.78, 5) is 2.25. The second-order valence-corrected chi connectivity index (χ2v) is 5.95. The predicted molar refractivity (Wildman–Crippen MR) is 84.0 cm³/mol. The summed E-state index contributed by atoms with van der Waals surface area (Å²) in [6.45, 7) is 5.70. The molecule has 8 nitrogen and oxygen atoms in total. The van der Waals surface area contributed by atoms with Crippen molar-refractivity contribution in [3.63, 3.8) is 0 Å². The van der Waals surface area contributed by atoms with Crippen LogP contribution in [-0.4, -0.2) is 50.7 Å². The van der Waals surface area contributed by atoms with Gasteiger partial charge in [0, 0.05) is 19.3 Å². The third kappa shape index (κ3) is 3.39. The first-order valence-corrected chi connectivity index (χ1v) is 7.95. The van der Waals surface area contributed by atoms with Gasteiger partial charge in [0.25, 0.3) is 5.89 Å². The molecule has 0 radical (unpaired) electrons. The summed E-state index contributed by atoms with van der Waals surface area (Å²) in [7, 11) is 0. The van der Waals surface area contributed by atoms with Gasteiger partial charge in [-0.1, -0.05) is 0 Å². The van der Waals surface area contributed by atoms with Gasteiger partial charge in [0.1, 0.15) is 0 Å². The molecule has 3 aromatic rings. The number of nitrogens with zero attached hydrogens (tertiary/aromatic N) is 5. The lowest BCUT2D eigenvalue weighted by Gasteiger charge is -2.31. The minimum atomic E-state index is 0.102. The van der Waals surface area contributed by atoms with E-state index in [2.05, 4.69) is 20.2 Å². The third-order valence-electron chi connectivity index (χ3n) is 3.93. The van der Waals surface area contributed by atoms with Gasteiger partial charge in [0.15, 0.2) is 5.76 Å². The van der Waals surface area contributed by atoms with E-state index in [0.29, 0.717) is 30.7 Å². The van der Waals surface area contributed by atoms with Crippen LogP contribution in [0.25, 0.3) is 11.7 Å². The Bertz CT molecular complexity index is 779. The summed E-state index contributed by atoms with van der Waals surface area (Å²) >= 11 is 0. The summed E-state index contributed by atoms with van der Waals surface area (Å²) in [5.41, 5.74) is 1.15. The minimum absolute atomic E-state index is 0.102. The lowest BCUT2D eigenvalue weighted by Crippen LogP contribution is -2.43. The highest BCUT2D eigenvalue weighted by Gasteiger charge is 2.23. The number of morpholine rings is 1. The monoisotopic (exact) mass is 329 g/mol. The number of aromatic nitrogens is 4. The first kappa shape index (κ1) is 15.1. The molecule has 4 rings (SSSR count). The van der Waals surface area contributed by atoms with E-state index in [-0.39, 0.29) is 6.10 Å². The van der Waals surface area contributed by atoms with Crippen LogP contribution in [0.15, 0.2) is 39.6 Å². The van der Waals surface area contributed by atoms with Crippen LogP contribution in [0.3, 0.4) is 0 Å². The van der Waals surface area contributed by atoms with Crippen molar-refractivity contribution in [2.24, 2.45) is 0 Å². The van der Waals surface area contributed by atoms with Crippen molar-refractivity contribution in [2.45, 2.75) is 26.1 Å². The van der Waals surface area contributed by atoms with Crippen molar-refractivity contribution in [1.82, 2.24) is 24.9 Å². The van der Waals surface area contributed by atoms with E-state index in [0.717, 1.165) is 25.2 Å². The topological polar surface area (TPSA) is 82.4 Å². The maximum absolute atomic E-state index is 5.84. The van der Waals surface area contributed by atoms with Gasteiger partial charge < -0.3 is 13.6 Å². The fraction of sp³-hybridized carbons (Fsp3) is 0.438. The third-order valence-corrected chi connectivity index (χ3v) is 3.93. The van der Waals surface area contributed by atoms with Crippen LogP contribution < -0.4 is 0 Å². The van der Waals surface area contributed by atoms with Crippen molar-refractivity contribution >= 4 is 0 Å². The Morgan fingerprint density at radius 1 is 1.33 bits per heavy atom. The largest absolute Gasteiger partial charge is 0.459 e. The van der Waals surface area contributed by atoms with Crippen LogP contribution in [0.4, 0.5) is 0 Å². The van der Waals surface area contributed by atoms with Gasteiger partial charge >= 0.3 is 0 Å². The van der Waals surface area contributed by atoms with E-state index >= 15 is 0 Å². The molecule has 1 aliphatic rings. The van der Waals surface area contributed by atoms with Gasteiger partial charge in [0.05, 0.1) is 38.3 Å². The Kier molecular flexibility index (Phi) is 4.14. The van der Waals surface area contributed by atoms with Gasteiger partial charge in [0.2, 0.25) is 5.89 Å². The molecule has 1 saturated heterocycles. The molecule has 0 aromatic carbocycles. The molecule has 8 heteroatoms. The summed E-state index contributed by atoms with van der Waals surface area (Å²) in [6.07, 6.45) is 5.57. The summed E-state index contributed by atoms with van der Waals surface area (Å²) in [5.74, 6) is 1.58. The first-order chi connectivity index (χ1) is 11.8. The highest BCUT2D eigenvalue weighted by Crippen LogP contribution is 2.19. The summed E-state index contributed by atoms with van der Waals surface area (Å²) in [5, 5.41) is 12.5. The van der Waals surface area contributed by atoms with Crippen molar-refractivity contribution in [3.8, 4) is 11.7 Å². The molecule has 0 bridgehead atoms. The van der Waals surface area contributed by atoms with E-state index in [1.165, 1.54) is 0 Å². The quantitative estimate of drug-likeness (QED) is 0.705. The summed E-state index contributed by atoms with van der Waals surface area (Å²) < 4.78 is 18.7. The molecule has 0 amide bonds. The number of ether oxygens (including phenoxy) is 1. The molecular weight excluding hydrogens is 310 g/mol. The van der Waals surface area contributed by atoms with Gasteiger partial charge in [-0.2, -0.15) is 5.10 Å². The molecule has 1 aliphatic heterocycles. The number of hydrogen-bond donors (Lipinski definition) is 0. The van der Waals surface area contributed by atoms with Gasteiger partial charge in [-0.05, 0) is 24.6 Å². The smallest absolute Gasteiger partial charge is 0.283 e. The SMILES string of the molecule is Cc1cnn(C[C@H]2CN(Cc3nnc(-c4ccco4)o3)CCO2)c1. The van der Waals surface area contributed by atoms with Crippen LogP contribution >= 0.6 is 0 Å². The average molecular weight is 329 g/mol. The lowest BCUT2D eigenvalue weighted by atomic mass is 10.2. The minimum Gasteiger partial charge on any atom is -0.459 e. The number of rotatable bonds is 5. The molecule has 1 atom stereocenters. The van der Waals surface area contributed by atoms with Crippen LogP contribution in [0.5, 0.6) is 0 Å². The predicted octanol–water partition coefficient (Wildman–Crippen LogP) is 1.74. The molecule has 24 heavy (non-hydrogen) atoms. The second-order valence-electron chi connectivity index (χ2n) is 5.95. The Balaban J connectivity index is 1.36. The highest BCUT2D eigenvalue weighted by atomic mass is 16.5. The number of aryl methyl sites for hydroxylation is 1. The second kappa shape index (κ2) is 6.58. The average Bonchev–Trinajstić information content (AvgIpc) is 3.29. The standard InChI is InChI=1S/C16H19N5O3/c1-12-7-17-21(8-12)10-13-9-20(4-6-22-13)11-15-18-19-16(24-15)14-3-2-5-23-14/h2-3,5,7-8,13H,4,6,9-11H2,1H3/t13-/m1/s1. The van der Waals surface area contributed by atoms with E-state index in [9.17, 15) is 0 Å². The Morgan fingerprint density at radius 2 is 2.29 bits per heavy atom. The lowest BCUT2D eigenvalue weighted by molar-refractivity contribution is -0.0422. The molecule has 4 heterocycles. The van der Waals surface area contributed by atoms with E-state index < -0.39 is 0 Å². The molecule has 0 unspecified atom stereocenters. The molecule has 126 valence electrons. The molecular formula is C16H19N5O3.